The van der Waals surface area contributed by atoms with Crippen LogP contribution in [0, 0.1) is 5.92 Å². The van der Waals surface area contributed by atoms with Crippen molar-refractivity contribution in [2.75, 3.05) is 26.2 Å². The van der Waals surface area contributed by atoms with E-state index in [0.717, 1.165) is 27.2 Å². The number of carbonyl (C=O) groups is 8. The Labute approximate surface area is 496 Å². The monoisotopic (exact) mass is 1180 g/mol. The van der Waals surface area contributed by atoms with Gasteiger partial charge in [-0.15, -0.1) is 0 Å². The van der Waals surface area contributed by atoms with Crippen molar-refractivity contribution in [2.45, 2.75) is 114 Å². The zero-order chi connectivity index (χ0) is 61.4. The minimum absolute atomic E-state index is 0.0370. The fourth-order valence-corrected chi connectivity index (χ4v) is 10.8. The number of para-hydroxylation sites is 3. The number of phenolic OH excluding ortho intramolecular Hbond substituents is 1. The van der Waals surface area contributed by atoms with Gasteiger partial charge in [0.15, 0.2) is 5.96 Å². The summed E-state index contributed by atoms with van der Waals surface area (Å²) in [6, 6.07) is 20.4. The van der Waals surface area contributed by atoms with E-state index in [1.165, 1.54) is 29.2 Å². The van der Waals surface area contributed by atoms with Gasteiger partial charge in [-0.25, -0.2) is 0 Å². The van der Waals surface area contributed by atoms with Crippen LogP contribution in [0.3, 0.4) is 0 Å². The Morgan fingerprint density at radius 3 is 1.76 bits per heavy atom. The maximum atomic E-state index is 15.0. The van der Waals surface area contributed by atoms with Crippen LogP contribution >= 0.6 is 0 Å². The van der Waals surface area contributed by atoms with E-state index in [-0.39, 0.29) is 80.8 Å². The van der Waals surface area contributed by atoms with Crippen LogP contribution in [0.4, 0.5) is 0 Å². The Kier molecular flexibility index (Phi) is 21.2. The minimum Gasteiger partial charge on any atom is -0.508 e. The molecule has 0 aliphatic carbocycles. The molecule has 1 aliphatic heterocycles. The molecule has 16 N–H and O–H groups in total. The number of amides is 8. The number of likely N-dealkylation sites (tertiary alicyclic amines) is 1. The number of guanidine groups is 1. The van der Waals surface area contributed by atoms with Gasteiger partial charge in [0.05, 0.1) is 6.61 Å². The Hall–Kier alpha value is -9.71. The second-order valence-electron chi connectivity index (χ2n) is 21.9. The average molecular weight is 1180 g/mol. The molecule has 1 fully saturated rings. The lowest BCUT2D eigenvalue weighted by atomic mass is 9.99. The highest BCUT2D eigenvalue weighted by atomic mass is 16.3. The third-order valence-electron chi connectivity index (χ3n) is 15.1. The molecule has 0 saturated carbocycles. The van der Waals surface area contributed by atoms with E-state index in [1.54, 1.807) is 31.5 Å². The number of aliphatic imine (C=N–C) groups is 1. The Morgan fingerprint density at radius 1 is 0.651 bits per heavy atom. The number of aromatic hydroxyl groups is 1. The number of benzene rings is 4. The second-order valence-corrected chi connectivity index (χ2v) is 21.9. The van der Waals surface area contributed by atoms with Crippen LogP contribution < -0.4 is 48.7 Å². The van der Waals surface area contributed by atoms with Crippen molar-refractivity contribution >= 4 is 85.9 Å². The molecular weight excluding hydrogens is 1100 g/mol. The molecule has 454 valence electrons. The first kappa shape index (κ1) is 62.3. The summed E-state index contributed by atoms with van der Waals surface area (Å²) < 4.78 is 0. The third kappa shape index (κ3) is 16.1. The first-order chi connectivity index (χ1) is 41.4. The number of aromatic amines is 3. The van der Waals surface area contributed by atoms with Gasteiger partial charge in [0.2, 0.25) is 41.4 Å². The lowest BCUT2D eigenvalue weighted by molar-refractivity contribution is -0.142. The first-order valence-corrected chi connectivity index (χ1v) is 28.9. The molecular formula is C62H76N14O10. The van der Waals surface area contributed by atoms with Gasteiger partial charge in [-0.05, 0) is 98.0 Å². The number of hydrogen-bond acceptors (Lipinski definition) is 11. The number of nitrogens with two attached hydrogens (primary N) is 2. The van der Waals surface area contributed by atoms with E-state index < -0.39 is 90.3 Å². The summed E-state index contributed by atoms with van der Waals surface area (Å²) >= 11 is 0. The van der Waals surface area contributed by atoms with Crippen molar-refractivity contribution in [3.05, 3.63) is 138 Å². The average Bonchev–Trinajstić information content (AvgIpc) is 4.23. The smallest absolute Gasteiger partial charge is 0.268 e. The number of likely N-dealkylation sites (N-methyl/N-ethyl adjacent to an activating group) is 1. The number of carbonyl (C=O) groups excluding carboxylic acids is 8. The van der Waals surface area contributed by atoms with Gasteiger partial charge in [-0.3, -0.25) is 43.3 Å². The van der Waals surface area contributed by atoms with E-state index >= 15 is 0 Å². The number of aliphatic hydroxyl groups excluding tert-OH is 1. The quantitative estimate of drug-likeness (QED) is 0.0191. The molecule has 1 aliphatic rings. The molecule has 1 saturated heterocycles. The van der Waals surface area contributed by atoms with Crippen LogP contribution in [0.5, 0.6) is 5.75 Å². The van der Waals surface area contributed by atoms with E-state index in [1.807, 2.05) is 80.6 Å². The second kappa shape index (κ2) is 29.2. The van der Waals surface area contributed by atoms with Crippen molar-refractivity contribution in [1.29, 1.82) is 0 Å². The minimum atomic E-state index is -1.68. The third-order valence-corrected chi connectivity index (χ3v) is 15.1. The van der Waals surface area contributed by atoms with Crippen molar-refractivity contribution < 1.29 is 48.6 Å². The summed E-state index contributed by atoms with van der Waals surface area (Å²) in [7, 11) is 0. The molecule has 3 aromatic heterocycles. The van der Waals surface area contributed by atoms with E-state index in [4.69, 9.17) is 11.5 Å². The molecule has 24 nitrogen and oxygen atoms in total. The molecule has 4 aromatic carbocycles. The maximum Gasteiger partial charge on any atom is 0.268 e. The molecule has 8 rings (SSSR count). The number of nitrogens with one attached hydrogen (secondary N) is 10. The first-order valence-electron chi connectivity index (χ1n) is 28.9. The van der Waals surface area contributed by atoms with Crippen LogP contribution in [0.2, 0.25) is 0 Å². The van der Waals surface area contributed by atoms with Gasteiger partial charge in [-0.1, -0.05) is 80.6 Å². The number of fused-ring (bicyclic) bond motifs is 3. The Balaban J connectivity index is 1.05. The van der Waals surface area contributed by atoms with Crippen molar-refractivity contribution in [3.8, 4) is 5.75 Å². The molecule has 4 heterocycles. The SMILES string of the molecule is CCNC(=O)[C@@H]1CCCN1C(=O)[C@H](CCCN=C(N)N)NC(=O)[C@H](CC(C)C)NC(=O)[C@@H](Cc1c[nH]c2ccccc12)NC(=O)[C@H](Cc1ccc(O)cc1)NC(=O)[C@H](CO)NC(=O)[C@H](Cc1c[nH]c2ccccc12)NC(=O)c1cc2ccccc2[nH]1. The predicted molar refractivity (Wildman–Crippen MR) is 325 cm³/mol. The van der Waals surface area contributed by atoms with Crippen LogP contribution in [-0.4, -0.2) is 152 Å². The number of aliphatic hydroxyl groups is 1. The van der Waals surface area contributed by atoms with Crippen molar-refractivity contribution in [2.24, 2.45) is 22.4 Å². The summed E-state index contributed by atoms with van der Waals surface area (Å²) in [6.07, 6.45) is 4.48. The fraction of sp³-hybridized carbons (Fsp3) is 0.371. The molecule has 0 spiro atoms. The van der Waals surface area contributed by atoms with Gasteiger partial charge >= 0.3 is 0 Å². The Bertz CT molecular complexity index is 3540. The standard InChI is InChI=1S/C62H76N14O10/c1-4-65-60(85)53-20-12-26-76(53)61(86)46(19-11-25-66-62(63)64)70-54(79)47(27-35(2)3)71-57(82)50(30-38-32-67-44-17-9-6-14-41(38)44)73-55(80)48(28-36-21-23-40(78)24-22-36)72-59(84)52(34-77)75-58(83)51(31-39-33-68-45-18-10-7-15-42(39)45)74-56(81)49-29-37-13-5-8-16-43(37)69-49/h5-10,13-18,21-24,29,32-33,35,46-48,50-53,67-69,77-78H,4,11-12,19-20,25-28,30-31,34H2,1-3H3,(H,65,85)(H,70,79)(H,71,82)(H,72,84)(H,73,80)(H,74,81)(H,75,83)(H4,63,64,66)/t46-,47-,48-,50+,51-,52-,53-/m0/s1. The van der Waals surface area contributed by atoms with E-state index in [0.29, 0.717) is 41.6 Å². The van der Waals surface area contributed by atoms with Gasteiger partial charge < -0.3 is 78.7 Å². The summed E-state index contributed by atoms with van der Waals surface area (Å²) in [5.74, 6) is -6.00. The largest absolute Gasteiger partial charge is 0.508 e. The van der Waals surface area contributed by atoms with Crippen LogP contribution in [0.25, 0.3) is 32.7 Å². The zero-order valence-corrected chi connectivity index (χ0v) is 48.3. The molecule has 0 bridgehead atoms. The molecule has 0 radical (unpaired) electrons. The fourth-order valence-electron chi connectivity index (χ4n) is 10.8. The summed E-state index contributed by atoms with van der Waals surface area (Å²) in [6.45, 7) is 5.32. The Morgan fingerprint density at radius 2 is 1.17 bits per heavy atom. The number of rotatable bonds is 28. The van der Waals surface area contributed by atoms with Crippen molar-refractivity contribution in [1.82, 2.24) is 57.1 Å². The normalized spacial score (nSPS) is 15.2. The number of aromatic nitrogens is 3. The number of H-pyrrole nitrogens is 3. The molecule has 24 heteroatoms. The van der Waals surface area contributed by atoms with E-state index in [2.05, 4.69) is 57.2 Å². The number of hydrogen-bond donors (Lipinski definition) is 14. The van der Waals surface area contributed by atoms with Crippen LogP contribution in [0.15, 0.2) is 121 Å². The predicted octanol–water partition coefficient (Wildman–Crippen LogP) is 2.31. The summed E-state index contributed by atoms with van der Waals surface area (Å²) in [5, 5.41) is 42.7. The van der Waals surface area contributed by atoms with Gasteiger partial charge in [0, 0.05) is 84.0 Å². The molecule has 8 amide bonds. The van der Waals surface area contributed by atoms with Gasteiger partial charge in [-0.2, -0.15) is 0 Å². The molecule has 7 aromatic rings. The van der Waals surface area contributed by atoms with Gasteiger partial charge in [0.1, 0.15) is 53.7 Å². The number of phenols is 1. The topological polar surface area (TPSA) is 376 Å². The number of nitrogens with zero attached hydrogens (tertiary/aromatic N) is 2. The van der Waals surface area contributed by atoms with Crippen molar-refractivity contribution in [3.63, 3.8) is 0 Å². The summed E-state index contributed by atoms with van der Waals surface area (Å²) in [5.41, 5.74) is 15.3. The van der Waals surface area contributed by atoms with Gasteiger partial charge in [0.25, 0.3) is 5.91 Å². The summed E-state index contributed by atoms with van der Waals surface area (Å²) in [4.78, 5) is 130. The molecule has 7 atom stereocenters. The van der Waals surface area contributed by atoms with Crippen LogP contribution in [0.1, 0.15) is 80.1 Å². The maximum absolute atomic E-state index is 15.0. The van der Waals surface area contributed by atoms with Crippen LogP contribution in [-0.2, 0) is 52.8 Å². The highest BCUT2D eigenvalue weighted by Crippen LogP contribution is 2.24. The lowest BCUT2D eigenvalue weighted by Gasteiger charge is -2.30. The molecule has 0 unspecified atom stereocenters. The highest BCUT2D eigenvalue weighted by Gasteiger charge is 2.39. The highest BCUT2D eigenvalue weighted by molar-refractivity contribution is 6.02. The zero-order valence-electron chi connectivity index (χ0n) is 48.3. The molecule has 86 heavy (non-hydrogen) atoms. The van der Waals surface area contributed by atoms with E-state index in [9.17, 15) is 48.6 Å². The lowest BCUT2D eigenvalue weighted by Crippen LogP contribution is -2.61.